The number of fused-ring (bicyclic) bond motifs is 2. The van der Waals surface area contributed by atoms with E-state index < -0.39 is 10.0 Å². The third kappa shape index (κ3) is 3.72. The van der Waals surface area contributed by atoms with Crippen LogP contribution in [0.5, 0.6) is 5.75 Å². The van der Waals surface area contributed by atoms with Gasteiger partial charge in [-0.1, -0.05) is 6.42 Å². The number of methoxy groups -OCH3 is 1. The summed E-state index contributed by atoms with van der Waals surface area (Å²) in [6.07, 6.45) is 5.80. The molecule has 1 aromatic carbocycles. The molecule has 2 saturated carbocycles. The lowest BCUT2D eigenvalue weighted by atomic mass is 9.86. The molecule has 1 aromatic rings. The van der Waals surface area contributed by atoms with Gasteiger partial charge in [-0.25, -0.2) is 8.42 Å². The van der Waals surface area contributed by atoms with Gasteiger partial charge in [0, 0.05) is 32.6 Å². The summed E-state index contributed by atoms with van der Waals surface area (Å²) in [5.41, 5.74) is 0. The van der Waals surface area contributed by atoms with Crippen LogP contribution in [0.2, 0.25) is 0 Å². The van der Waals surface area contributed by atoms with Gasteiger partial charge in [0.15, 0.2) is 0 Å². The maximum absolute atomic E-state index is 12.8. The van der Waals surface area contributed by atoms with E-state index in [4.69, 9.17) is 4.74 Å². The predicted octanol–water partition coefficient (Wildman–Crippen LogP) is 2.35. The lowest BCUT2D eigenvalue weighted by molar-refractivity contribution is -0.133. The number of carbonyl (C=O) groups is 1. The Hall–Kier alpha value is -1.60. The third-order valence-corrected chi connectivity index (χ3v) is 8.52. The van der Waals surface area contributed by atoms with Crippen LogP contribution >= 0.6 is 0 Å². The van der Waals surface area contributed by atoms with Crippen LogP contribution in [0.4, 0.5) is 0 Å². The molecular formula is C20H28N2O4S. The van der Waals surface area contributed by atoms with Crippen molar-refractivity contribution in [1.29, 1.82) is 0 Å². The normalized spacial score (nSPS) is 28.5. The van der Waals surface area contributed by atoms with Crippen molar-refractivity contribution >= 4 is 15.9 Å². The van der Waals surface area contributed by atoms with E-state index in [2.05, 4.69) is 0 Å². The summed E-state index contributed by atoms with van der Waals surface area (Å²) in [6.45, 7) is 1.68. The first-order chi connectivity index (χ1) is 13.0. The number of hydrogen-bond acceptors (Lipinski definition) is 4. The van der Waals surface area contributed by atoms with Gasteiger partial charge in [-0.05, 0) is 61.3 Å². The third-order valence-electron chi connectivity index (χ3n) is 6.61. The highest BCUT2D eigenvalue weighted by Gasteiger charge is 2.41. The van der Waals surface area contributed by atoms with Gasteiger partial charge in [0.1, 0.15) is 5.75 Å². The molecule has 7 heteroatoms. The second kappa shape index (κ2) is 7.43. The number of nitrogens with zero attached hydrogens (tertiary/aromatic N) is 2. The molecule has 6 nitrogen and oxygen atoms in total. The van der Waals surface area contributed by atoms with Crippen molar-refractivity contribution in [3.63, 3.8) is 0 Å². The molecule has 1 amide bonds. The van der Waals surface area contributed by atoms with Gasteiger partial charge in [0.05, 0.1) is 12.0 Å². The van der Waals surface area contributed by atoms with E-state index in [0.717, 1.165) is 11.8 Å². The number of amides is 1. The van der Waals surface area contributed by atoms with Crippen LogP contribution in [0.3, 0.4) is 0 Å². The van der Waals surface area contributed by atoms with E-state index >= 15 is 0 Å². The molecule has 148 valence electrons. The quantitative estimate of drug-likeness (QED) is 0.772. The SMILES string of the molecule is COc1ccc(S(=O)(=O)N2CCN(C(=O)C[C@@H]3C[C@H]4CC[C@H]3C4)CC2)cc1. The Morgan fingerprint density at radius 2 is 1.78 bits per heavy atom. The van der Waals surface area contributed by atoms with E-state index in [9.17, 15) is 13.2 Å². The summed E-state index contributed by atoms with van der Waals surface area (Å²) < 4.78 is 32.2. The monoisotopic (exact) mass is 392 g/mol. The zero-order valence-corrected chi connectivity index (χ0v) is 16.7. The first kappa shape index (κ1) is 18.7. The zero-order chi connectivity index (χ0) is 19.0. The van der Waals surface area contributed by atoms with Crippen LogP contribution in [-0.4, -0.2) is 56.8 Å². The van der Waals surface area contributed by atoms with Crippen LogP contribution in [0.25, 0.3) is 0 Å². The molecule has 0 unspecified atom stereocenters. The second-order valence-corrected chi connectivity index (χ2v) is 10.0. The molecule has 0 radical (unpaired) electrons. The molecule has 0 spiro atoms. The largest absolute Gasteiger partial charge is 0.497 e. The Labute approximate surface area is 161 Å². The molecule has 2 bridgehead atoms. The summed E-state index contributed by atoms with van der Waals surface area (Å²) >= 11 is 0. The van der Waals surface area contributed by atoms with E-state index in [1.54, 1.807) is 31.4 Å². The smallest absolute Gasteiger partial charge is 0.243 e. The molecule has 1 aliphatic heterocycles. The van der Waals surface area contributed by atoms with Gasteiger partial charge in [0.2, 0.25) is 15.9 Å². The zero-order valence-electron chi connectivity index (χ0n) is 15.8. The summed E-state index contributed by atoms with van der Waals surface area (Å²) in [6, 6.07) is 6.45. The molecule has 0 aromatic heterocycles. The molecule has 1 heterocycles. The molecule has 3 aliphatic rings. The first-order valence-electron chi connectivity index (χ1n) is 9.89. The maximum atomic E-state index is 12.8. The van der Waals surface area contributed by atoms with E-state index in [1.165, 1.54) is 30.0 Å². The molecule has 3 fully saturated rings. The fourth-order valence-electron chi connectivity index (χ4n) is 5.05. The van der Waals surface area contributed by atoms with Crippen molar-refractivity contribution in [2.75, 3.05) is 33.3 Å². The average Bonchev–Trinajstić information content (AvgIpc) is 3.31. The molecule has 3 atom stereocenters. The number of sulfonamides is 1. The van der Waals surface area contributed by atoms with E-state index in [-0.39, 0.29) is 10.8 Å². The lowest BCUT2D eigenvalue weighted by Gasteiger charge is -2.35. The number of carbonyl (C=O) groups excluding carboxylic acids is 1. The Kier molecular flexibility index (Phi) is 5.16. The maximum Gasteiger partial charge on any atom is 0.243 e. The first-order valence-corrected chi connectivity index (χ1v) is 11.3. The number of ether oxygens (including phenoxy) is 1. The van der Waals surface area contributed by atoms with Gasteiger partial charge in [-0.2, -0.15) is 4.31 Å². The van der Waals surface area contributed by atoms with Gasteiger partial charge >= 0.3 is 0 Å². The van der Waals surface area contributed by atoms with Gasteiger partial charge in [0.25, 0.3) is 0 Å². The fraction of sp³-hybridized carbons (Fsp3) is 0.650. The lowest BCUT2D eigenvalue weighted by Crippen LogP contribution is -2.50. The van der Waals surface area contributed by atoms with Crippen LogP contribution in [-0.2, 0) is 14.8 Å². The number of hydrogen-bond donors (Lipinski definition) is 0. The highest BCUT2D eigenvalue weighted by molar-refractivity contribution is 7.89. The Bertz CT molecular complexity index is 785. The van der Waals surface area contributed by atoms with Crippen molar-refractivity contribution < 1.29 is 17.9 Å². The Morgan fingerprint density at radius 1 is 1.07 bits per heavy atom. The van der Waals surface area contributed by atoms with Crippen molar-refractivity contribution in [2.45, 2.75) is 37.0 Å². The van der Waals surface area contributed by atoms with E-state index in [0.29, 0.717) is 44.3 Å². The molecule has 1 saturated heterocycles. The minimum Gasteiger partial charge on any atom is -0.497 e. The van der Waals surface area contributed by atoms with Gasteiger partial charge < -0.3 is 9.64 Å². The van der Waals surface area contributed by atoms with E-state index in [1.807, 2.05) is 4.90 Å². The van der Waals surface area contributed by atoms with Crippen LogP contribution in [0.15, 0.2) is 29.2 Å². The summed E-state index contributed by atoms with van der Waals surface area (Å²) in [5, 5.41) is 0. The second-order valence-electron chi connectivity index (χ2n) is 8.10. The predicted molar refractivity (Wildman–Crippen MR) is 102 cm³/mol. The Balaban J connectivity index is 1.33. The highest BCUT2D eigenvalue weighted by atomic mass is 32.2. The van der Waals surface area contributed by atoms with Crippen molar-refractivity contribution in [3.05, 3.63) is 24.3 Å². The van der Waals surface area contributed by atoms with Crippen molar-refractivity contribution in [2.24, 2.45) is 17.8 Å². The van der Waals surface area contributed by atoms with Gasteiger partial charge in [-0.3, -0.25) is 4.79 Å². The van der Waals surface area contributed by atoms with Crippen molar-refractivity contribution in [3.8, 4) is 5.75 Å². The topological polar surface area (TPSA) is 66.9 Å². The van der Waals surface area contributed by atoms with Gasteiger partial charge in [-0.15, -0.1) is 0 Å². The molecule has 27 heavy (non-hydrogen) atoms. The number of benzene rings is 1. The Morgan fingerprint density at radius 3 is 2.33 bits per heavy atom. The fourth-order valence-corrected chi connectivity index (χ4v) is 6.48. The minimum absolute atomic E-state index is 0.203. The summed E-state index contributed by atoms with van der Waals surface area (Å²) in [7, 11) is -1.97. The molecule has 2 aliphatic carbocycles. The number of rotatable bonds is 5. The summed E-state index contributed by atoms with van der Waals surface area (Å²) in [5.74, 6) is 2.98. The van der Waals surface area contributed by atoms with Crippen LogP contribution in [0, 0.1) is 17.8 Å². The minimum atomic E-state index is -3.53. The standard InChI is InChI=1S/C20H28N2O4S/c1-26-18-4-6-19(7-5-18)27(24,25)22-10-8-21(9-11-22)20(23)14-17-13-15-2-3-16(17)12-15/h4-7,15-17H,2-3,8-14H2,1H3/t15-,16-,17-/m0/s1. The molecular weight excluding hydrogens is 364 g/mol. The average molecular weight is 393 g/mol. The van der Waals surface area contributed by atoms with Crippen LogP contribution < -0.4 is 4.74 Å². The highest BCUT2D eigenvalue weighted by Crippen LogP contribution is 2.49. The number of piperazine rings is 1. The molecule has 0 N–H and O–H groups in total. The summed E-state index contributed by atoms with van der Waals surface area (Å²) in [4.78, 5) is 14.8. The molecule has 4 rings (SSSR count). The van der Waals surface area contributed by atoms with Crippen LogP contribution in [0.1, 0.15) is 32.1 Å². The van der Waals surface area contributed by atoms with Crippen molar-refractivity contribution in [1.82, 2.24) is 9.21 Å².